The van der Waals surface area contributed by atoms with E-state index in [1.165, 1.54) is 10.6 Å². The molecule has 0 aliphatic rings. The molecule has 25 heavy (non-hydrogen) atoms. The minimum atomic E-state index is -0.802. The molecule has 0 saturated carbocycles. The standard InChI is InChI=1S/C22H31OPS/c1-17(2)21(25-22(4,5)6)18(3)23-24(19-13-9-7-10-14-19)20-15-11-8-12-16-20/h7-18,21H,1-6H3/t18-,21-/m1/s1. The Hall–Kier alpha value is -0.820. The van der Waals surface area contributed by atoms with Crippen LogP contribution in [-0.4, -0.2) is 16.1 Å². The Labute approximate surface area is 159 Å². The summed E-state index contributed by atoms with van der Waals surface area (Å²) < 4.78 is 6.97. The number of hydrogen-bond donors (Lipinski definition) is 0. The summed E-state index contributed by atoms with van der Waals surface area (Å²) in [6.07, 6.45) is 0.191. The molecule has 0 aromatic heterocycles. The zero-order valence-corrected chi connectivity index (χ0v) is 18.0. The summed E-state index contributed by atoms with van der Waals surface area (Å²) in [5, 5.41) is 3.02. The highest BCUT2D eigenvalue weighted by molar-refractivity contribution is 8.01. The zero-order valence-electron chi connectivity index (χ0n) is 16.3. The van der Waals surface area contributed by atoms with Crippen molar-refractivity contribution in [3.8, 4) is 0 Å². The quantitative estimate of drug-likeness (QED) is 0.550. The van der Waals surface area contributed by atoms with Crippen LogP contribution >= 0.6 is 19.9 Å². The largest absolute Gasteiger partial charge is 0.346 e. The lowest BCUT2D eigenvalue weighted by atomic mass is 10.1. The Morgan fingerprint density at radius 1 is 0.800 bits per heavy atom. The topological polar surface area (TPSA) is 9.23 Å². The second-order valence-corrected chi connectivity index (χ2v) is 11.6. The van der Waals surface area contributed by atoms with E-state index in [9.17, 15) is 0 Å². The molecular formula is C22H31OPS. The molecule has 2 atom stereocenters. The molecule has 2 aromatic carbocycles. The molecule has 0 saturated heterocycles. The maximum Gasteiger partial charge on any atom is 0.0922 e. The molecule has 0 aliphatic carbocycles. The van der Waals surface area contributed by atoms with Gasteiger partial charge in [0.2, 0.25) is 0 Å². The predicted molar refractivity (Wildman–Crippen MR) is 116 cm³/mol. The number of benzene rings is 2. The first-order valence-corrected chi connectivity index (χ1v) is 11.2. The van der Waals surface area contributed by atoms with Gasteiger partial charge in [0.1, 0.15) is 0 Å². The smallest absolute Gasteiger partial charge is 0.0922 e. The minimum absolute atomic E-state index is 0.191. The van der Waals surface area contributed by atoms with E-state index >= 15 is 0 Å². The molecular weight excluding hydrogens is 343 g/mol. The summed E-state index contributed by atoms with van der Waals surface area (Å²) in [6, 6.07) is 21.3. The van der Waals surface area contributed by atoms with E-state index in [2.05, 4.69) is 102 Å². The lowest BCUT2D eigenvalue weighted by molar-refractivity contribution is 0.227. The Balaban J connectivity index is 2.26. The fraction of sp³-hybridized carbons (Fsp3) is 0.455. The van der Waals surface area contributed by atoms with Gasteiger partial charge in [0, 0.05) is 20.6 Å². The van der Waals surface area contributed by atoms with Crippen molar-refractivity contribution in [3.63, 3.8) is 0 Å². The van der Waals surface area contributed by atoms with E-state index in [4.69, 9.17) is 4.52 Å². The predicted octanol–water partition coefficient (Wildman–Crippen LogP) is 6.00. The molecule has 0 unspecified atom stereocenters. The van der Waals surface area contributed by atoms with Crippen LogP contribution in [0.2, 0.25) is 0 Å². The van der Waals surface area contributed by atoms with Crippen molar-refractivity contribution < 1.29 is 4.52 Å². The van der Waals surface area contributed by atoms with Gasteiger partial charge in [-0.25, -0.2) is 0 Å². The summed E-state index contributed by atoms with van der Waals surface area (Å²) in [6.45, 7) is 13.7. The van der Waals surface area contributed by atoms with Crippen molar-refractivity contribution in [2.75, 3.05) is 0 Å². The van der Waals surface area contributed by atoms with E-state index in [0.29, 0.717) is 11.2 Å². The van der Waals surface area contributed by atoms with E-state index in [0.717, 1.165) is 0 Å². The van der Waals surface area contributed by atoms with Crippen molar-refractivity contribution in [1.82, 2.24) is 0 Å². The van der Waals surface area contributed by atoms with Crippen molar-refractivity contribution in [2.45, 2.75) is 57.6 Å². The molecule has 0 spiro atoms. The van der Waals surface area contributed by atoms with Gasteiger partial charge in [-0.2, -0.15) is 0 Å². The van der Waals surface area contributed by atoms with Crippen molar-refractivity contribution in [1.29, 1.82) is 0 Å². The van der Waals surface area contributed by atoms with E-state index < -0.39 is 8.15 Å². The van der Waals surface area contributed by atoms with Crippen LogP contribution in [-0.2, 0) is 4.52 Å². The van der Waals surface area contributed by atoms with Crippen LogP contribution in [0.15, 0.2) is 60.7 Å². The normalized spacial score (nSPS) is 14.7. The molecule has 0 radical (unpaired) electrons. The second-order valence-electron chi connectivity index (χ2n) is 7.71. The first kappa shape index (κ1) is 20.5. The Bertz CT molecular complexity index is 582. The fourth-order valence-corrected chi connectivity index (χ4v) is 6.12. The van der Waals surface area contributed by atoms with Crippen LogP contribution in [0.5, 0.6) is 0 Å². The summed E-state index contributed by atoms with van der Waals surface area (Å²) in [5.74, 6) is 0.572. The highest BCUT2D eigenvalue weighted by Gasteiger charge is 2.30. The molecule has 3 heteroatoms. The second kappa shape index (κ2) is 9.21. The molecule has 2 rings (SSSR count). The molecule has 0 bridgehead atoms. The Morgan fingerprint density at radius 3 is 1.60 bits per heavy atom. The molecule has 136 valence electrons. The summed E-state index contributed by atoms with van der Waals surface area (Å²) in [4.78, 5) is 0. The number of rotatable bonds is 7. The average Bonchev–Trinajstić information content (AvgIpc) is 2.58. The Morgan fingerprint density at radius 2 is 1.24 bits per heavy atom. The summed E-state index contributed by atoms with van der Waals surface area (Å²) in [5.41, 5.74) is 0. The molecule has 1 nitrogen and oxygen atoms in total. The summed E-state index contributed by atoms with van der Waals surface area (Å²) >= 11 is 2.04. The van der Waals surface area contributed by atoms with Crippen LogP contribution in [0, 0.1) is 5.92 Å². The minimum Gasteiger partial charge on any atom is -0.346 e. The van der Waals surface area contributed by atoms with Gasteiger partial charge in [-0.1, -0.05) is 95.3 Å². The third kappa shape index (κ3) is 6.44. The lowest BCUT2D eigenvalue weighted by Gasteiger charge is -2.34. The maximum absolute atomic E-state index is 6.74. The van der Waals surface area contributed by atoms with E-state index in [1.807, 2.05) is 11.8 Å². The van der Waals surface area contributed by atoms with Gasteiger partial charge in [-0.05, 0) is 12.8 Å². The third-order valence-electron chi connectivity index (χ3n) is 3.86. The van der Waals surface area contributed by atoms with Gasteiger partial charge in [-0.15, -0.1) is 11.8 Å². The van der Waals surface area contributed by atoms with Crippen LogP contribution in [0.4, 0.5) is 0 Å². The van der Waals surface area contributed by atoms with Crippen LogP contribution < -0.4 is 10.6 Å². The maximum atomic E-state index is 6.74. The van der Waals surface area contributed by atoms with Crippen molar-refractivity contribution in [2.24, 2.45) is 5.92 Å². The van der Waals surface area contributed by atoms with Crippen molar-refractivity contribution >= 4 is 30.5 Å². The van der Waals surface area contributed by atoms with Crippen molar-refractivity contribution in [3.05, 3.63) is 60.7 Å². The highest BCUT2D eigenvalue weighted by Crippen LogP contribution is 2.42. The summed E-state index contributed by atoms with van der Waals surface area (Å²) in [7, 11) is -0.802. The van der Waals surface area contributed by atoms with E-state index in [1.54, 1.807) is 0 Å². The number of thioether (sulfide) groups is 1. The van der Waals surface area contributed by atoms with Gasteiger partial charge in [0.05, 0.1) is 14.3 Å². The van der Waals surface area contributed by atoms with Crippen LogP contribution in [0.1, 0.15) is 41.5 Å². The lowest BCUT2D eigenvalue weighted by Crippen LogP contribution is -2.32. The molecule has 0 amide bonds. The monoisotopic (exact) mass is 374 g/mol. The fourth-order valence-electron chi connectivity index (χ4n) is 2.81. The first-order valence-electron chi connectivity index (χ1n) is 9.03. The van der Waals surface area contributed by atoms with Gasteiger partial charge < -0.3 is 4.52 Å². The van der Waals surface area contributed by atoms with Gasteiger partial charge in [-0.3, -0.25) is 0 Å². The van der Waals surface area contributed by atoms with Crippen LogP contribution in [0.3, 0.4) is 0 Å². The SMILES string of the molecule is CC(C)[C@@H](SC(C)(C)C)[C@@H](C)OP(c1ccccc1)c1ccccc1. The Kier molecular flexibility index (Phi) is 7.55. The first-order chi connectivity index (χ1) is 11.8. The molecule has 0 heterocycles. The average molecular weight is 375 g/mol. The molecule has 0 N–H and O–H groups in total. The van der Waals surface area contributed by atoms with Gasteiger partial charge >= 0.3 is 0 Å². The zero-order chi connectivity index (χ0) is 18.4. The van der Waals surface area contributed by atoms with E-state index in [-0.39, 0.29) is 10.9 Å². The van der Waals surface area contributed by atoms with Gasteiger partial charge in [0.15, 0.2) is 0 Å². The molecule has 2 aromatic rings. The highest BCUT2D eigenvalue weighted by atomic mass is 32.2. The van der Waals surface area contributed by atoms with Gasteiger partial charge in [0.25, 0.3) is 0 Å². The molecule has 0 fully saturated rings. The number of hydrogen-bond acceptors (Lipinski definition) is 2. The molecule has 0 aliphatic heterocycles. The third-order valence-corrected chi connectivity index (χ3v) is 7.85. The van der Waals surface area contributed by atoms with Crippen LogP contribution in [0.25, 0.3) is 0 Å².